The van der Waals surface area contributed by atoms with Gasteiger partial charge in [-0.15, -0.1) is 0 Å². The van der Waals surface area contributed by atoms with Crippen molar-refractivity contribution in [1.82, 2.24) is 4.90 Å². The molecule has 0 saturated carbocycles. The largest absolute Gasteiger partial charge is 0.394 e. The maximum atomic E-state index is 16.0. The second-order valence-corrected chi connectivity index (χ2v) is 16.0. The molecule has 2 aromatic carbocycles. The molecular formula is C28H34BrFN2O4Si. The van der Waals surface area contributed by atoms with Crippen LogP contribution in [0.25, 0.3) is 0 Å². The first-order chi connectivity index (χ1) is 17.4. The fourth-order valence-corrected chi connectivity index (χ4v) is 10.2. The number of ether oxygens (including phenoxy) is 1. The van der Waals surface area contributed by atoms with Gasteiger partial charge in [0, 0.05) is 35.1 Å². The molecule has 3 aliphatic heterocycles. The third kappa shape index (κ3) is 4.09. The van der Waals surface area contributed by atoms with Gasteiger partial charge < -0.3 is 23.8 Å². The minimum absolute atomic E-state index is 0.0327. The summed E-state index contributed by atoms with van der Waals surface area (Å²) in [5.74, 6) is -0.854. The fraction of sp³-hybridized carbons (Fsp3) is 0.500. The van der Waals surface area contributed by atoms with Crippen LogP contribution in [0.3, 0.4) is 0 Å². The zero-order chi connectivity index (χ0) is 26.9. The fourth-order valence-electron chi connectivity index (χ4n) is 6.91. The molecule has 5 rings (SSSR count). The van der Waals surface area contributed by atoms with E-state index in [0.717, 1.165) is 32.4 Å². The zero-order valence-corrected chi connectivity index (χ0v) is 24.5. The number of likely N-dealkylation sites (N-methyl/N-ethyl adjacent to an activating group) is 1. The Bertz CT molecular complexity index is 1270. The van der Waals surface area contributed by atoms with E-state index in [-0.39, 0.29) is 30.9 Å². The second kappa shape index (κ2) is 9.29. The van der Waals surface area contributed by atoms with Gasteiger partial charge >= 0.3 is 0 Å². The van der Waals surface area contributed by atoms with Crippen molar-refractivity contribution >= 4 is 41.8 Å². The van der Waals surface area contributed by atoms with Crippen LogP contribution >= 0.6 is 15.9 Å². The molecule has 1 spiro atoms. The Morgan fingerprint density at radius 2 is 1.95 bits per heavy atom. The lowest BCUT2D eigenvalue weighted by Gasteiger charge is -2.37. The Morgan fingerprint density at radius 1 is 1.27 bits per heavy atom. The van der Waals surface area contributed by atoms with Gasteiger partial charge in [-0.3, -0.25) is 9.59 Å². The van der Waals surface area contributed by atoms with Gasteiger partial charge in [0.25, 0.3) is 5.91 Å². The molecule has 0 unspecified atom stereocenters. The van der Waals surface area contributed by atoms with Crippen molar-refractivity contribution in [3.8, 4) is 0 Å². The van der Waals surface area contributed by atoms with Crippen molar-refractivity contribution < 1.29 is 23.5 Å². The Morgan fingerprint density at radius 3 is 2.59 bits per heavy atom. The first-order valence-electron chi connectivity index (χ1n) is 12.8. The third-order valence-electron chi connectivity index (χ3n) is 8.54. The number of rotatable bonds is 4. The summed E-state index contributed by atoms with van der Waals surface area (Å²) in [6.45, 7) is 7.37. The number of nitrogens with zero attached hydrogens (tertiary/aromatic N) is 2. The van der Waals surface area contributed by atoms with Gasteiger partial charge in [0.15, 0.2) is 5.60 Å². The molecule has 9 heteroatoms. The number of benzene rings is 2. The number of amides is 2. The molecule has 0 aliphatic carbocycles. The van der Waals surface area contributed by atoms with E-state index in [1.54, 1.807) is 29.9 Å². The molecule has 37 heavy (non-hydrogen) atoms. The van der Waals surface area contributed by atoms with Crippen LogP contribution in [-0.2, 0) is 32.9 Å². The number of carbonyl (C=O) groups excluding carboxylic acids is 2. The minimum atomic E-state index is -3.37. The molecule has 1 fully saturated rings. The number of anilines is 1. The quantitative estimate of drug-likeness (QED) is 0.409. The van der Waals surface area contributed by atoms with E-state index in [1.165, 1.54) is 0 Å². The summed E-state index contributed by atoms with van der Waals surface area (Å²) in [5.41, 5.74) is 2.73. The van der Waals surface area contributed by atoms with Gasteiger partial charge in [-0.25, -0.2) is 0 Å². The van der Waals surface area contributed by atoms with Crippen LogP contribution in [0, 0.1) is 12.8 Å². The minimum Gasteiger partial charge on any atom is -0.394 e. The number of halogens is 2. The van der Waals surface area contributed by atoms with E-state index in [0.29, 0.717) is 13.0 Å². The lowest BCUT2D eigenvalue weighted by Crippen LogP contribution is -2.48. The van der Waals surface area contributed by atoms with E-state index in [1.807, 2.05) is 50.2 Å². The highest BCUT2D eigenvalue weighted by Crippen LogP contribution is 2.61. The van der Waals surface area contributed by atoms with Gasteiger partial charge in [0.05, 0.1) is 30.9 Å². The number of carbonyl (C=O) groups is 2. The Kier molecular flexibility index (Phi) is 6.66. The molecule has 5 atom stereocenters. The normalized spacial score (nSPS) is 29.1. The molecular weight excluding hydrogens is 555 g/mol. The standard InChI is InChI=1S/C28H34BrFN2O4Si/c1-16-10-21-25(22(29)11-16)31(3)27(35)28(21)17(2)26(37(4,5)30)23(36-28)13-24(34)32-14-19-9-7-6-8-18(19)12-20(32)15-33/h6-11,17,20,23,26,33H,12-15H2,1-5H3/t17-,20+,23+,26-,28+/m1/s1. The topological polar surface area (TPSA) is 70.1 Å². The molecule has 3 aliphatic rings. The maximum Gasteiger partial charge on any atom is 0.264 e. The third-order valence-corrected chi connectivity index (χ3v) is 11.6. The van der Waals surface area contributed by atoms with E-state index in [2.05, 4.69) is 15.9 Å². The molecule has 3 heterocycles. The van der Waals surface area contributed by atoms with Crippen LogP contribution in [0.1, 0.15) is 35.6 Å². The van der Waals surface area contributed by atoms with Crippen LogP contribution in [-0.4, -0.2) is 56.0 Å². The van der Waals surface area contributed by atoms with E-state index >= 15 is 4.11 Å². The first-order valence-corrected chi connectivity index (χ1v) is 16.6. The van der Waals surface area contributed by atoms with Crippen molar-refractivity contribution in [3.05, 3.63) is 63.1 Å². The van der Waals surface area contributed by atoms with Crippen LogP contribution in [0.4, 0.5) is 9.80 Å². The Labute approximate surface area is 227 Å². The van der Waals surface area contributed by atoms with Crippen LogP contribution in [0.2, 0.25) is 18.6 Å². The monoisotopic (exact) mass is 588 g/mol. The number of aliphatic hydroxyl groups excluding tert-OH is 1. The smallest absolute Gasteiger partial charge is 0.264 e. The number of fused-ring (bicyclic) bond motifs is 3. The molecule has 198 valence electrons. The summed E-state index contributed by atoms with van der Waals surface area (Å²) in [5, 5.41) is 10.1. The SMILES string of the molecule is Cc1cc(Br)c2c(c1)[C@]1(O[C@@H](CC(=O)N3Cc4ccccc4C[C@H]3CO)[C@H]([Si](C)(C)F)[C@H]1C)C(=O)N2C. The molecule has 0 aromatic heterocycles. The molecule has 2 aromatic rings. The summed E-state index contributed by atoms with van der Waals surface area (Å²) in [7, 11) is -1.65. The second-order valence-electron chi connectivity index (χ2n) is 11.3. The van der Waals surface area contributed by atoms with Crippen molar-refractivity contribution in [1.29, 1.82) is 0 Å². The first kappa shape index (κ1) is 26.5. The molecule has 1 N–H and O–H groups in total. The lowest BCUT2D eigenvalue weighted by atomic mass is 9.82. The highest BCUT2D eigenvalue weighted by molar-refractivity contribution is 9.10. The van der Waals surface area contributed by atoms with Crippen molar-refractivity contribution in [2.24, 2.45) is 5.92 Å². The van der Waals surface area contributed by atoms with Gasteiger partial charge in [0.2, 0.25) is 14.3 Å². The Hall–Kier alpha value is -2.07. The molecule has 6 nitrogen and oxygen atoms in total. The zero-order valence-electron chi connectivity index (χ0n) is 21.9. The lowest BCUT2D eigenvalue weighted by molar-refractivity contribution is -0.150. The summed E-state index contributed by atoms with van der Waals surface area (Å²) in [6.07, 6.45) is -0.205. The van der Waals surface area contributed by atoms with E-state index in [9.17, 15) is 14.7 Å². The van der Waals surface area contributed by atoms with Crippen LogP contribution in [0.5, 0.6) is 0 Å². The molecule has 0 radical (unpaired) electrons. The van der Waals surface area contributed by atoms with Crippen molar-refractivity contribution in [3.63, 3.8) is 0 Å². The maximum absolute atomic E-state index is 16.0. The summed E-state index contributed by atoms with van der Waals surface area (Å²) in [6, 6.07) is 11.5. The van der Waals surface area contributed by atoms with Crippen LogP contribution in [0.15, 0.2) is 40.9 Å². The summed E-state index contributed by atoms with van der Waals surface area (Å²) in [4.78, 5) is 30.9. The number of hydrogen-bond donors (Lipinski definition) is 1. The highest BCUT2D eigenvalue weighted by Gasteiger charge is 2.67. The van der Waals surface area contributed by atoms with Gasteiger partial charge in [-0.1, -0.05) is 37.3 Å². The summed E-state index contributed by atoms with van der Waals surface area (Å²) < 4.78 is 23.4. The predicted molar refractivity (Wildman–Crippen MR) is 147 cm³/mol. The van der Waals surface area contributed by atoms with Crippen molar-refractivity contribution in [2.45, 2.75) is 69.6 Å². The molecule has 1 saturated heterocycles. The molecule has 2 amide bonds. The average Bonchev–Trinajstić information content (AvgIpc) is 3.24. The predicted octanol–water partition coefficient (Wildman–Crippen LogP) is 4.84. The highest BCUT2D eigenvalue weighted by atomic mass is 79.9. The number of aryl methyl sites for hydroxylation is 1. The van der Waals surface area contributed by atoms with Crippen molar-refractivity contribution in [2.75, 3.05) is 18.6 Å². The average molecular weight is 590 g/mol. The molecule has 0 bridgehead atoms. The van der Waals surface area contributed by atoms with Gasteiger partial charge in [0.1, 0.15) is 0 Å². The van der Waals surface area contributed by atoms with E-state index in [4.69, 9.17) is 4.74 Å². The summed E-state index contributed by atoms with van der Waals surface area (Å²) >= 11 is 3.61. The van der Waals surface area contributed by atoms with Gasteiger partial charge in [-0.05, 0) is 65.1 Å². The van der Waals surface area contributed by atoms with E-state index < -0.39 is 31.6 Å². The number of hydrogen-bond acceptors (Lipinski definition) is 4. The van der Waals surface area contributed by atoms with Gasteiger partial charge in [-0.2, -0.15) is 0 Å². The van der Waals surface area contributed by atoms with Crippen LogP contribution < -0.4 is 4.90 Å². The Balaban J connectivity index is 1.51. The number of aliphatic hydroxyl groups is 1.